The number of aromatic nitrogens is 2. The van der Waals surface area contributed by atoms with Crippen molar-refractivity contribution in [2.75, 3.05) is 6.61 Å². The van der Waals surface area contributed by atoms with Crippen LogP contribution in [0.5, 0.6) is 0 Å². The summed E-state index contributed by atoms with van der Waals surface area (Å²) in [6, 6.07) is 10.6. The molecule has 0 radical (unpaired) electrons. The molecule has 4 rings (SSSR count). The van der Waals surface area contributed by atoms with Crippen molar-refractivity contribution in [1.29, 1.82) is 5.26 Å². The highest BCUT2D eigenvalue weighted by molar-refractivity contribution is 5.32. The SMILES string of the molecule is Cc1cc(CCCCC2(c3ccccn3)CCOC3(CCCC3)C2)cnc1C#N. The van der Waals surface area contributed by atoms with Crippen LogP contribution in [0.15, 0.2) is 36.7 Å². The third-order valence-electron chi connectivity index (χ3n) is 6.98. The summed E-state index contributed by atoms with van der Waals surface area (Å²) in [6.07, 6.45) is 15.5. The number of nitrogens with zero attached hydrogens (tertiary/aromatic N) is 3. The molecular weight excluding hydrogens is 358 g/mol. The van der Waals surface area contributed by atoms with Crippen LogP contribution >= 0.6 is 0 Å². The minimum atomic E-state index is 0.0872. The van der Waals surface area contributed by atoms with E-state index in [1.54, 1.807) is 0 Å². The number of pyridine rings is 2. The molecule has 29 heavy (non-hydrogen) atoms. The molecule has 0 amide bonds. The van der Waals surface area contributed by atoms with Gasteiger partial charge < -0.3 is 4.74 Å². The molecule has 1 atom stereocenters. The highest BCUT2D eigenvalue weighted by atomic mass is 16.5. The maximum Gasteiger partial charge on any atom is 0.143 e. The van der Waals surface area contributed by atoms with Crippen LogP contribution in [0.2, 0.25) is 0 Å². The smallest absolute Gasteiger partial charge is 0.143 e. The summed E-state index contributed by atoms with van der Waals surface area (Å²) in [5, 5.41) is 9.06. The Balaban J connectivity index is 1.44. The van der Waals surface area contributed by atoms with Crippen molar-refractivity contribution in [3.05, 3.63) is 59.2 Å². The van der Waals surface area contributed by atoms with Crippen LogP contribution in [-0.4, -0.2) is 22.2 Å². The number of ether oxygens (including phenoxy) is 1. The van der Waals surface area contributed by atoms with E-state index >= 15 is 0 Å². The molecule has 1 aliphatic carbocycles. The van der Waals surface area contributed by atoms with E-state index in [0.29, 0.717) is 5.69 Å². The summed E-state index contributed by atoms with van der Waals surface area (Å²) in [4.78, 5) is 9.09. The molecule has 4 heteroatoms. The van der Waals surface area contributed by atoms with Crippen LogP contribution in [0.25, 0.3) is 0 Å². The van der Waals surface area contributed by atoms with Crippen LogP contribution in [0.1, 0.15) is 80.3 Å². The first kappa shape index (κ1) is 20.0. The van der Waals surface area contributed by atoms with Crippen LogP contribution in [0.4, 0.5) is 0 Å². The lowest BCUT2D eigenvalue weighted by Crippen LogP contribution is -2.46. The first-order valence-electron chi connectivity index (χ1n) is 11.1. The Morgan fingerprint density at radius 3 is 2.72 bits per heavy atom. The summed E-state index contributed by atoms with van der Waals surface area (Å²) in [7, 11) is 0. The van der Waals surface area contributed by atoms with Crippen molar-refractivity contribution < 1.29 is 4.74 Å². The Labute approximate surface area is 174 Å². The summed E-state index contributed by atoms with van der Waals surface area (Å²) < 4.78 is 6.35. The van der Waals surface area contributed by atoms with Crippen molar-refractivity contribution in [2.24, 2.45) is 0 Å². The number of hydrogen-bond acceptors (Lipinski definition) is 4. The molecule has 2 aromatic rings. The second-order valence-electron chi connectivity index (χ2n) is 8.99. The molecule has 2 aliphatic rings. The molecule has 1 unspecified atom stereocenters. The standard InChI is InChI=1S/C25H31N3O/c1-20-16-21(18-28-22(20)17-26)8-2-4-10-24(23-9-3-7-14-27-23)13-15-29-25(19-24)11-5-6-12-25/h3,7,9,14,16,18H,2,4-6,8,10-13,15,19H2,1H3. The number of unbranched alkanes of at least 4 members (excludes halogenated alkanes) is 1. The van der Waals surface area contributed by atoms with Gasteiger partial charge in [0, 0.05) is 30.1 Å². The van der Waals surface area contributed by atoms with Gasteiger partial charge in [-0.1, -0.05) is 31.4 Å². The van der Waals surface area contributed by atoms with E-state index in [2.05, 4.69) is 29.3 Å². The Bertz CT molecular complexity index is 867. The van der Waals surface area contributed by atoms with E-state index in [4.69, 9.17) is 15.0 Å². The van der Waals surface area contributed by atoms with Gasteiger partial charge in [-0.3, -0.25) is 4.98 Å². The Kier molecular flexibility index (Phi) is 5.96. The highest BCUT2D eigenvalue weighted by Gasteiger charge is 2.48. The minimum absolute atomic E-state index is 0.0872. The van der Waals surface area contributed by atoms with E-state index in [1.165, 1.54) is 43.4 Å². The Morgan fingerprint density at radius 2 is 2.00 bits per heavy atom. The van der Waals surface area contributed by atoms with E-state index in [0.717, 1.165) is 44.3 Å². The molecule has 1 saturated heterocycles. The number of hydrogen-bond donors (Lipinski definition) is 0. The average Bonchev–Trinajstić information content (AvgIpc) is 3.19. The van der Waals surface area contributed by atoms with Gasteiger partial charge >= 0.3 is 0 Å². The highest BCUT2D eigenvalue weighted by Crippen LogP contribution is 2.50. The third kappa shape index (κ3) is 4.36. The molecule has 1 aliphatic heterocycles. The fourth-order valence-electron chi connectivity index (χ4n) is 5.48. The third-order valence-corrected chi connectivity index (χ3v) is 6.98. The zero-order valence-corrected chi connectivity index (χ0v) is 17.5. The molecule has 0 N–H and O–H groups in total. The van der Waals surface area contributed by atoms with Gasteiger partial charge in [-0.05, 0) is 75.1 Å². The molecule has 152 valence electrons. The van der Waals surface area contributed by atoms with Gasteiger partial charge in [0.05, 0.1) is 5.60 Å². The Hall–Kier alpha value is -2.25. The van der Waals surface area contributed by atoms with E-state index in [-0.39, 0.29) is 11.0 Å². The molecule has 1 spiro atoms. The predicted molar refractivity (Wildman–Crippen MR) is 114 cm³/mol. The quantitative estimate of drug-likeness (QED) is 0.618. The van der Waals surface area contributed by atoms with Crippen molar-refractivity contribution in [3.63, 3.8) is 0 Å². The molecule has 1 saturated carbocycles. The normalized spacial score (nSPS) is 23.2. The van der Waals surface area contributed by atoms with Gasteiger partial charge in [-0.15, -0.1) is 0 Å². The van der Waals surface area contributed by atoms with Crippen LogP contribution in [-0.2, 0) is 16.6 Å². The first-order valence-corrected chi connectivity index (χ1v) is 11.1. The lowest BCUT2D eigenvalue weighted by Gasteiger charge is -2.46. The van der Waals surface area contributed by atoms with Gasteiger partial charge in [0.15, 0.2) is 0 Å². The summed E-state index contributed by atoms with van der Waals surface area (Å²) in [5.41, 5.74) is 4.22. The zero-order valence-electron chi connectivity index (χ0n) is 17.5. The lowest BCUT2D eigenvalue weighted by atomic mass is 9.67. The summed E-state index contributed by atoms with van der Waals surface area (Å²) in [5.74, 6) is 0. The summed E-state index contributed by atoms with van der Waals surface area (Å²) >= 11 is 0. The number of nitriles is 1. The number of rotatable bonds is 6. The fraction of sp³-hybridized carbons (Fsp3) is 0.560. The molecule has 2 fully saturated rings. The van der Waals surface area contributed by atoms with E-state index < -0.39 is 0 Å². The van der Waals surface area contributed by atoms with Gasteiger partial charge in [0.1, 0.15) is 11.8 Å². The summed E-state index contributed by atoms with van der Waals surface area (Å²) in [6.45, 7) is 2.82. The van der Waals surface area contributed by atoms with E-state index in [1.807, 2.05) is 25.4 Å². The Morgan fingerprint density at radius 1 is 1.14 bits per heavy atom. The molecule has 0 aromatic carbocycles. The largest absolute Gasteiger partial charge is 0.375 e. The monoisotopic (exact) mass is 389 g/mol. The molecule has 0 bridgehead atoms. The second-order valence-corrected chi connectivity index (χ2v) is 8.99. The van der Waals surface area contributed by atoms with E-state index in [9.17, 15) is 0 Å². The van der Waals surface area contributed by atoms with Gasteiger partial charge in [0.2, 0.25) is 0 Å². The van der Waals surface area contributed by atoms with Crippen LogP contribution in [0.3, 0.4) is 0 Å². The molecule has 3 heterocycles. The van der Waals surface area contributed by atoms with Crippen molar-refractivity contribution in [3.8, 4) is 6.07 Å². The topological polar surface area (TPSA) is 58.8 Å². The van der Waals surface area contributed by atoms with Crippen molar-refractivity contribution in [2.45, 2.75) is 82.1 Å². The fourth-order valence-corrected chi connectivity index (χ4v) is 5.48. The molecule has 4 nitrogen and oxygen atoms in total. The number of aryl methyl sites for hydroxylation is 2. The predicted octanol–water partition coefficient (Wildman–Crippen LogP) is 5.43. The van der Waals surface area contributed by atoms with Crippen LogP contribution in [0, 0.1) is 18.3 Å². The minimum Gasteiger partial charge on any atom is -0.375 e. The molecule has 2 aromatic heterocycles. The lowest BCUT2D eigenvalue weighted by molar-refractivity contribution is -0.104. The van der Waals surface area contributed by atoms with Crippen LogP contribution < -0.4 is 0 Å². The van der Waals surface area contributed by atoms with Gasteiger partial charge in [-0.25, -0.2) is 4.98 Å². The van der Waals surface area contributed by atoms with Crippen molar-refractivity contribution >= 4 is 0 Å². The van der Waals surface area contributed by atoms with Gasteiger partial charge in [0.25, 0.3) is 0 Å². The zero-order chi connectivity index (χ0) is 20.2. The molecular formula is C25H31N3O. The average molecular weight is 390 g/mol. The maximum absolute atomic E-state index is 9.06. The van der Waals surface area contributed by atoms with Gasteiger partial charge in [-0.2, -0.15) is 5.26 Å². The maximum atomic E-state index is 9.06. The first-order chi connectivity index (χ1) is 14.1. The second kappa shape index (κ2) is 8.63. The van der Waals surface area contributed by atoms with Crippen molar-refractivity contribution in [1.82, 2.24) is 9.97 Å².